The largest absolute Gasteiger partial charge is 0.467 e. The van der Waals surface area contributed by atoms with E-state index >= 15 is 0 Å². The molecule has 0 saturated carbocycles. The van der Waals surface area contributed by atoms with Crippen LogP contribution in [-0.2, 0) is 20.7 Å². The molecule has 1 amide bonds. The number of hydrogen-bond acceptors (Lipinski definition) is 6. The molecule has 0 aliphatic heterocycles. The monoisotopic (exact) mass is 346 g/mol. The minimum absolute atomic E-state index is 0.0859. The molecule has 8 heteroatoms. The topological polar surface area (TPSA) is 115 Å². The first-order valence-electron chi connectivity index (χ1n) is 6.81. The number of hydrogen-bond donors (Lipinski definition) is 2. The van der Waals surface area contributed by atoms with E-state index in [-0.39, 0.29) is 17.9 Å². The summed E-state index contributed by atoms with van der Waals surface area (Å²) in [6, 6.07) is 7.50. The molecule has 1 rings (SSSR count). The van der Waals surface area contributed by atoms with Crippen molar-refractivity contribution in [3.8, 4) is 12.1 Å². The first-order chi connectivity index (χ1) is 11.4. The fraction of sp³-hybridized carbons (Fsp3) is 0.250. The van der Waals surface area contributed by atoms with Gasteiger partial charge in [0.05, 0.1) is 7.11 Å². The molecule has 0 aliphatic rings. The third-order valence-corrected chi connectivity index (χ3v) is 3.33. The van der Waals surface area contributed by atoms with E-state index in [0.717, 1.165) is 0 Å². The Balaban J connectivity index is 3.02. The normalized spacial score (nSPS) is 10.5. The number of allylic oxidation sites excluding steroid dienone is 1. The summed E-state index contributed by atoms with van der Waals surface area (Å²) in [5.74, 6) is -0.956. The van der Waals surface area contributed by atoms with Crippen LogP contribution in [0.5, 0.6) is 0 Å². The molecule has 0 spiro atoms. The Morgan fingerprint density at radius 2 is 2.04 bits per heavy atom. The second-order valence-corrected chi connectivity index (χ2v) is 5.12. The van der Waals surface area contributed by atoms with E-state index in [4.69, 9.17) is 22.1 Å². The van der Waals surface area contributed by atoms with Gasteiger partial charge in [0.2, 0.25) is 5.91 Å². The Labute approximate surface area is 144 Å². The second kappa shape index (κ2) is 9.19. The van der Waals surface area contributed by atoms with Gasteiger partial charge in [0, 0.05) is 30.3 Å². The van der Waals surface area contributed by atoms with Crippen molar-refractivity contribution in [2.24, 2.45) is 0 Å². The standard InChI is InChI=1S/C16H15ClN4O3/c1-10(22)21-15(16(23)24-2)6-12-5-13(3-4-14(12)17)20-9-11(7-18)8-19/h3-5,9,15,20H,6H2,1-2H3,(H,21,22). The maximum absolute atomic E-state index is 11.8. The second-order valence-electron chi connectivity index (χ2n) is 4.71. The molecule has 1 unspecified atom stereocenters. The fourth-order valence-corrected chi connectivity index (χ4v) is 2.06. The van der Waals surface area contributed by atoms with Crippen molar-refractivity contribution in [2.75, 3.05) is 12.4 Å². The summed E-state index contributed by atoms with van der Waals surface area (Å²) < 4.78 is 4.67. The van der Waals surface area contributed by atoms with Crippen molar-refractivity contribution in [3.05, 3.63) is 40.6 Å². The highest BCUT2D eigenvalue weighted by molar-refractivity contribution is 6.31. The molecule has 124 valence electrons. The van der Waals surface area contributed by atoms with Crippen LogP contribution in [0, 0.1) is 22.7 Å². The van der Waals surface area contributed by atoms with E-state index in [1.54, 1.807) is 30.3 Å². The van der Waals surface area contributed by atoms with Crippen LogP contribution in [0.25, 0.3) is 0 Å². The molecule has 0 aliphatic carbocycles. The van der Waals surface area contributed by atoms with E-state index < -0.39 is 12.0 Å². The Bertz CT molecular complexity index is 731. The average molecular weight is 347 g/mol. The molecule has 1 aromatic rings. The van der Waals surface area contributed by atoms with Crippen molar-refractivity contribution in [3.63, 3.8) is 0 Å². The number of nitrogens with one attached hydrogen (secondary N) is 2. The number of rotatable bonds is 6. The average Bonchev–Trinajstić information content (AvgIpc) is 2.56. The summed E-state index contributed by atoms with van der Waals surface area (Å²) in [5.41, 5.74) is 1.08. The van der Waals surface area contributed by atoms with Crippen molar-refractivity contribution in [2.45, 2.75) is 19.4 Å². The van der Waals surface area contributed by atoms with Crippen LogP contribution in [0.3, 0.4) is 0 Å². The van der Waals surface area contributed by atoms with Crippen molar-refractivity contribution in [1.82, 2.24) is 5.32 Å². The van der Waals surface area contributed by atoms with Gasteiger partial charge in [0.25, 0.3) is 0 Å². The maximum Gasteiger partial charge on any atom is 0.328 e. The van der Waals surface area contributed by atoms with Crippen molar-refractivity contribution in [1.29, 1.82) is 10.5 Å². The van der Waals surface area contributed by atoms with Crippen LogP contribution in [0.1, 0.15) is 12.5 Å². The number of amides is 1. The van der Waals surface area contributed by atoms with Crippen molar-refractivity contribution >= 4 is 29.2 Å². The SMILES string of the molecule is COC(=O)C(Cc1cc(NC=C(C#N)C#N)ccc1Cl)NC(C)=O. The van der Waals surface area contributed by atoms with Gasteiger partial charge >= 0.3 is 5.97 Å². The number of nitriles is 2. The van der Waals surface area contributed by atoms with Crippen LogP contribution in [0.2, 0.25) is 5.02 Å². The van der Waals surface area contributed by atoms with Crippen LogP contribution < -0.4 is 10.6 Å². The number of carbonyl (C=O) groups excluding carboxylic acids is 2. The number of methoxy groups -OCH3 is 1. The Morgan fingerprint density at radius 3 is 2.58 bits per heavy atom. The highest BCUT2D eigenvalue weighted by atomic mass is 35.5. The van der Waals surface area contributed by atoms with E-state index in [1.165, 1.54) is 20.2 Å². The Morgan fingerprint density at radius 1 is 1.38 bits per heavy atom. The van der Waals surface area contributed by atoms with Gasteiger partial charge in [0.15, 0.2) is 0 Å². The lowest BCUT2D eigenvalue weighted by molar-refractivity contribution is -0.144. The lowest BCUT2D eigenvalue weighted by Gasteiger charge is -2.17. The molecule has 0 fully saturated rings. The van der Waals surface area contributed by atoms with Gasteiger partial charge in [-0.3, -0.25) is 4.79 Å². The van der Waals surface area contributed by atoms with Gasteiger partial charge < -0.3 is 15.4 Å². The maximum atomic E-state index is 11.8. The molecule has 1 atom stereocenters. The van der Waals surface area contributed by atoms with Gasteiger partial charge in [0.1, 0.15) is 23.8 Å². The summed E-state index contributed by atoms with van der Waals surface area (Å²) in [4.78, 5) is 23.0. The van der Waals surface area contributed by atoms with Crippen LogP contribution in [-0.4, -0.2) is 25.0 Å². The first-order valence-corrected chi connectivity index (χ1v) is 7.19. The van der Waals surface area contributed by atoms with Gasteiger partial charge in [-0.15, -0.1) is 0 Å². The van der Waals surface area contributed by atoms with Crippen LogP contribution in [0.4, 0.5) is 5.69 Å². The quantitative estimate of drug-likeness (QED) is 0.600. The zero-order valence-electron chi connectivity index (χ0n) is 13.1. The summed E-state index contributed by atoms with van der Waals surface area (Å²) >= 11 is 6.13. The molecule has 7 nitrogen and oxygen atoms in total. The number of carbonyl (C=O) groups is 2. The number of halogens is 1. The van der Waals surface area contributed by atoms with E-state index in [2.05, 4.69) is 15.4 Å². The minimum Gasteiger partial charge on any atom is -0.467 e. The Hall–Kier alpha value is -3.03. The van der Waals surface area contributed by atoms with Gasteiger partial charge in [-0.1, -0.05) is 11.6 Å². The highest BCUT2D eigenvalue weighted by Crippen LogP contribution is 2.22. The zero-order valence-corrected chi connectivity index (χ0v) is 13.8. The summed E-state index contributed by atoms with van der Waals surface area (Å²) in [7, 11) is 1.23. The predicted octanol–water partition coefficient (Wildman–Crippen LogP) is 1.90. The van der Waals surface area contributed by atoms with Crippen LogP contribution >= 0.6 is 11.6 Å². The number of nitrogens with zero attached hydrogens (tertiary/aromatic N) is 2. The lowest BCUT2D eigenvalue weighted by Crippen LogP contribution is -2.42. The molecular weight excluding hydrogens is 332 g/mol. The molecule has 24 heavy (non-hydrogen) atoms. The number of esters is 1. The molecule has 0 heterocycles. The third kappa shape index (κ3) is 5.64. The van der Waals surface area contributed by atoms with E-state index in [1.807, 2.05) is 0 Å². The molecule has 0 radical (unpaired) electrons. The van der Waals surface area contributed by atoms with Crippen LogP contribution in [0.15, 0.2) is 30.0 Å². The summed E-state index contributed by atoms with van der Waals surface area (Å²) in [5, 5.41) is 23.1. The molecule has 0 aromatic heterocycles. The predicted molar refractivity (Wildman–Crippen MR) is 87.7 cm³/mol. The number of anilines is 1. The Kier molecular flexibility index (Phi) is 7.28. The van der Waals surface area contributed by atoms with Crippen molar-refractivity contribution < 1.29 is 14.3 Å². The lowest BCUT2D eigenvalue weighted by atomic mass is 10.0. The molecule has 2 N–H and O–H groups in total. The van der Waals surface area contributed by atoms with E-state index in [9.17, 15) is 9.59 Å². The fourth-order valence-electron chi connectivity index (χ4n) is 1.87. The summed E-state index contributed by atoms with van der Waals surface area (Å²) in [6.45, 7) is 1.30. The molecular formula is C16H15ClN4O3. The molecule has 0 saturated heterocycles. The summed E-state index contributed by atoms with van der Waals surface area (Å²) in [6.07, 6.45) is 1.40. The highest BCUT2D eigenvalue weighted by Gasteiger charge is 2.21. The van der Waals surface area contributed by atoms with E-state index in [0.29, 0.717) is 16.3 Å². The molecule has 0 bridgehead atoms. The first kappa shape index (κ1) is 19.0. The number of ether oxygens (including phenoxy) is 1. The van der Waals surface area contributed by atoms with Gasteiger partial charge in [-0.05, 0) is 23.8 Å². The molecule has 1 aromatic carbocycles. The zero-order chi connectivity index (χ0) is 18.1. The smallest absolute Gasteiger partial charge is 0.328 e. The van der Waals surface area contributed by atoms with Gasteiger partial charge in [-0.25, -0.2) is 4.79 Å². The van der Waals surface area contributed by atoms with Gasteiger partial charge in [-0.2, -0.15) is 10.5 Å². The number of benzene rings is 1. The third-order valence-electron chi connectivity index (χ3n) is 2.96. The minimum atomic E-state index is -0.871.